The first-order valence-electron chi connectivity index (χ1n) is 3.23. The zero-order valence-electron chi connectivity index (χ0n) is 6.18. The molecule has 0 amide bonds. The molecule has 1 atom stereocenters. The molecule has 0 aliphatic carbocycles. The molecule has 0 aromatic heterocycles. The fourth-order valence-corrected chi connectivity index (χ4v) is 0.813. The quantitative estimate of drug-likeness (QED) is 0.550. The van der Waals surface area contributed by atoms with Crippen molar-refractivity contribution >= 4 is 11.8 Å². The molecule has 0 bridgehead atoms. The maximum atomic E-state index is 5.38. The van der Waals surface area contributed by atoms with Crippen molar-refractivity contribution in [2.24, 2.45) is 5.73 Å². The summed E-state index contributed by atoms with van der Waals surface area (Å²) in [5, 5.41) is 3.29. The topological polar surface area (TPSA) is 38.0 Å². The lowest BCUT2D eigenvalue weighted by atomic mass is 10.3. The van der Waals surface area contributed by atoms with Crippen molar-refractivity contribution in [3.8, 4) is 0 Å². The SMILES string of the molecule is CSCCN[C@H](C)CN. The van der Waals surface area contributed by atoms with Crippen LogP contribution in [0.2, 0.25) is 0 Å². The van der Waals surface area contributed by atoms with Crippen LogP contribution in [0.1, 0.15) is 6.92 Å². The highest BCUT2D eigenvalue weighted by atomic mass is 32.2. The number of nitrogens with two attached hydrogens (primary N) is 1. The van der Waals surface area contributed by atoms with Crippen LogP contribution >= 0.6 is 11.8 Å². The molecule has 0 aliphatic rings. The van der Waals surface area contributed by atoms with E-state index in [9.17, 15) is 0 Å². The third-order valence-corrected chi connectivity index (χ3v) is 1.76. The highest BCUT2D eigenvalue weighted by molar-refractivity contribution is 7.98. The first-order chi connectivity index (χ1) is 4.31. The molecule has 0 saturated carbocycles. The van der Waals surface area contributed by atoms with Crippen molar-refractivity contribution in [3.63, 3.8) is 0 Å². The second kappa shape index (κ2) is 6.39. The Labute approximate surface area is 61.6 Å². The van der Waals surface area contributed by atoms with Gasteiger partial charge in [-0.1, -0.05) is 0 Å². The van der Waals surface area contributed by atoms with E-state index in [-0.39, 0.29) is 0 Å². The van der Waals surface area contributed by atoms with E-state index in [2.05, 4.69) is 18.5 Å². The zero-order chi connectivity index (χ0) is 7.11. The molecule has 0 fully saturated rings. The van der Waals surface area contributed by atoms with Crippen LogP contribution in [0.15, 0.2) is 0 Å². The van der Waals surface area contributed by atoms with Crippen molar-refractivity contribution in [2.75, 3.05) is 25.1 Å². The van der Waals surface area contributed by atoms with Crippen LogP contribution in [0.4, 0.5) is 0 Å². The van der Waals surface area contributed by atoms with E-state index in [0.717, 1.165) is 13.1 Å². The molecular formula is C6H16N2S. The molecule has 2 nitrogen and oxygen atoms in total. The summed E-state index contributed by atoms with van der Waals surface area (Å²) in [6.45, 7) is 3.90. The third kappa shape index (κ3) is 6.15. The largest absolute Gasteiger partial charge is 0.329 e. The molecule has 0 unspecified atom stereocenters. The Hall–Kier alpha value is 0.270. The van der Waals surface area contributed by atoms with Gasteiger partial charge in [-0.25, -0.2) is 0 Å². The molecule has 3 N–H and O–H groups in total. The van der Waals surface area contributed by atoms with Gasteiger partial charge in [-0.05, 0) is 13.2 Å². The van der Waals surface area contributed by atoms with Crippen molar-refractivity contribution in [2.45, 2.75) is 13.0 Å². The minimum Gasteiger partial charge on any atom is -0.329 e. The third-order valence-electron chi connectivity index (χ3n) is 1.15. The van der Waals surface area contributed by atoms with E-state index < -0.39 is 0 Å². The van der Waals surface area contributed by atoms with Crippen LogP contribution in [0.3, 0.4) is 0 Å². The number of nitrogens with one attached hydrogen (secondary N) is 1. The maximum absolute atomic E-state index is 5.38. The Morgan fingerprint density at radius 1 is 1.67 bits per heavy atom. The summed E-state index contributed by atoms with van der Waals surface area (Å²) in [7, 11) is 0. The van der Waals surface area contributed by atoms with E-state index in [1.165, 1.54) is 5.75 Å². The monoisotopic (exact) mass is 148 g/mol. The van der Waals surface area contributed by atoms with Crippen molar-refractivity contribution in [3.05, 3.63) is 0 Å². The van der Waals surface area contributed by atoms with Gasteiger partial charge in [-0.15, -0.1) is 0 Å². The second-order valence-electron chi connectivity index (χ2n) is 2.08. The van der Waals surface area contributed by atoms with Crippen molar-refractivity contribution in [1.29, 1.82) is 0 Å². The molecule has 0 aromatic rings. The molecular weight excluding hydrogens is 132 g/mol. The van der Waals surface area contributed by atoms with Crippen LogP contribution < -0.4 is 11.1 Å². The first-order valence-corrected chi connectivity index (χ1v) is 4.63. The standard InChI is InChI=1S/C6H16N2S/c1-6(5-7)8-3-4-9-2/h6,8H,3-5,7H2,1-2H3/t6-/m1/s1. The van der Waals surface area contributed by atoms with Gasteiger partial charge in [0.25, 0.3) is 0 Å². The smallest absolute Gasteiger partial charge is 0.0162 e. The first kappa shape index (κ1) is 9.27. The van der Waals surface area contributed by atoms with Gasteiger partial charge < -0.3 is 11.1 Å². The van der Waals surface area contributed by atoms with Gasteiger partial charge in [0.1, 0.15) is 0 Å². The summed E-state index contributed by atoms with van der Waals surface area (Å²) in [4.78, 5) is 0. The van der Waals surface area contributed by atoms with E-state index >= 15 is 0 Å². The van der Waals surface area contributed by atoms with E-state index in [0.29, 0.717) is 6.04 Å². The molecule has 9 heavy (non-hydrogen) atoms. The molecule has 0 aromatic carbocycles. The van der Waals surface area contributed by atoms with Crippen molar-refractivity contribution in [1.82, 2.24) is 5.32 Å². The summed E-state index contributed by atoms with van der Waals surface area (Å²) in [5.41, 5.74) is 5.38. The number of rotatable bonds is 5. The van der Waals surface area contributed by atoms with Crippen LogP contribution in [-0.4, -0.2) is 31.1 Å². The summed E-state index contributed by atoms with van der Waals surface area (Å²) in [6.07, 6.45) is 2.11. The Kier molecular flexibility index (Phi) is 6.58. The molecule has 3 heteroatoms. The van der Waals surface area contributed by atoms with Crippen LogP contribution in [0.25, 0.3) is 0 Å². The Bertz CT molecular complexity index is 59.0. The normalized spacial score (nSPS) is 13.7. The molecule has 0 saturated heterocycles. The fraction of sp³-hybridized carbons (Fsp3) is 1.00. The van der Waals surface area contributed by atoms with Crippen LogP contribution in [0, 0.1) is 0 Å². The average Bonchev–Trinajstić information content (AvgIpc) is 1.89. The lowest BCUT2D eigenvalue weighted by molar-refractivity contribution is 0.579. The highest BCUT2D eigenvalue weighted by Gasteiger charge is 1.93. The molecule has 0 radical (unpaired) electrons. The van der Waals surface area contributed by atoms with Gasteiger partial charge in [0.15, 0.2) is 0 Å². The van der Waals surface area contributed by atoms with Gasteiger partial charge >= 0.3 is 0 Å². The van der Waals surface area contributed by atoms with Crippen LogP contribution in [0.5, 0.6) is 0 Å². The van der Waals surface area contributed by atoms with Crippen LogP contribution in [-0.2, 0) is 0 Å². The molecule has 0 spiro atoms. The Balaban J connectivity index is 2.88. The summed E-state index contributed by atoms with van der Waals surface area (Å²) < 4.78 is 0. The predicted molar refractivity (Wildman–Crippen MR) is 44.9 cm³/mol. The number of hydrogen-bond acceptors (Lipinski definition) is 3. The molecule has 0 aliphatic heterocycles. The minimum absolute atomic E-state index is 0.470. The minimum atomic E-state index is 0.470. The molecule has 0 heterocycles. The van der Waals surface area contributed by atoms with Gasteiger partial charge in [0, 0.05) is 24.9 Å². The molecule has 0 rings (SSSR count). The van der Waals surface area contributed by atoms with E-state index in [1.54, 1.807) is 0 Å². The van der Waals surface area contributed by atoms with E-state index in [1.807, 2.05) is 11.8 Å². The number of hydrogen-bond donors (Lipinski definition) is 2. The lowest BCUT2D eigenvalue weighted by Crippen LogP contribution is -2.34. The van der Waals surface area contributed by atoms with Gasteiger partial charge in [0.2, 0.25) is 0 Å². The Morgan fingerprint density at radius 2 is 2.33 bits per heavy atom. The zero-order valence-corrected chi connectivity index (χ0v) is 7.00. The average molecular weight is 148 g/mol. The van der Waals surface area contributed by atoms with Crippen molar-refractivity contribution < 1.29 is 0 Å². The van der Waals surface area contributed by atoms with Gasteiger partial charge in [0.05, 0.1) is 0 Å². The summed E-state index contributed by atoms with van der Waals surface area (Å²) in [6, 6.07) is 0.470. The summed E-state index contributed by atoms with van der Waals surface area (Å²) in [5.74, 6) is 1.17. The number of thioether (sulfide) groups is 1. The Morgan fingerprint density at radius 3 is 2.78 bits per heavy atom. The second-order valence-corrected chi connectivity index (χ2v) is 3.07. The lowest BCUT2D eigenvalue weighted by Gasteiger charge is -2.09. The predicted octanol–water partition coefficient (Wildman–Crippen LogP) is 0.286. The fourth-order valence-electron chi connectivity index (χ4n) is 0.491. The summed E-state index contributed by atoms with van der Waals surface area (Å²) >= 11 is 1.85. The maximum Gasteiger partial charge on any atom is 0.0162 e. The van der Waals surface area contributed by atoms with E-state index in [4.69, 9.17) is 5.73 Å². The highest BCUT2D eigenvalue weighted by Crippen LogP contribution is 1.87. The molecule has 56 valence electrons. The van der Waals surface area contributed by atoms with Gasteiger partial charge in [-0.3, -0.25) is 0 Å². The van der Waals surface area contributed by atoms with Gasteiger partial charge in [-0.2, -0.15) is 11.8 Å².